The van der Waals surface area contributed by atoms with E-state index in [2.05, 4.69) is 52.4 Å². The molecule has 5 nitrogen and oxygen atoms in total. The van der Waals surface area contributed by atoms with Gasteiger partial charge in [-0.25, -0.2) is 4.79 Å². The van der Waals surface area contributed by atoms with Crippen molar-refractivity contribution in [2.75, 3.05) is 0 Å². The van der Waals surface area contributed by atoms with Crippen molar-refractivity contribution in [3.05, 3.63) is 12.7 Å². The quantitative estimate of drug-likeness (QED) is 0.341. The van der Waals surface area contributed by atoms with E-state index in [1.807, 2.05) is 0 Å². The summed E-state index contributed by atoms with van der Waals surface area (Å²) in [5, 5.41) is 10.3. The summed E-state index contributed by atoms with van der Waals surface area (Å²) in [6.45, 7) is 18.9. The second-order valence-corrected chi connectivity index (χ2v) is 22.4. The third-order valence-corrected chi connectivity index (χ3v) is 13.9. The van der Waals surface area contributed by atoms with Gasteiger partial charge in [-0.2, -0.15) is 0 Å². The van der Waals surface area contributed by atoms with E-state index in [0.29, 0.717) is 18.8 Å². The van der Waals surface area contributed by atoms with Crippen LogP contribution in [0.15, 0.2) is 12.7 Å². The third kappa shape index (κ3) is 9.10. The van der Waals surface area contributed by atoms with Crippen LogP contribution >= 0.6 is 0 Å². The summed E-state index contributed by atoms with van der Waals surface area (Å²) in [5.41, 5.74) is 0. The van der Waals surface area contributed by atoms with E-state index in [1.54, 1.807) is 0 Å². The lowest BCUT2D eigenvalue weighted by Gasteiger charge is -2.40. The summed E-state index contributed by atoms with van der Waals surface area (Å²) in [6.07, 6.45) is 3.47. The summed E-state index contributed by atoms with van der Waals surface area (Å²) >= 11 is 0. The van der Waals surface area contributed by atoms with Gasteiger partial charge in [-0.05, 0) is 83.5 Å². The lowest BCUT2D eigenvalue weighted by Crippen LogP contribution is -2.52. The van der Waals surface area contributed by atoms with Crippen LogP contribution in [-0.2, 0) is 17.8 Å². The average Bonchev–Trinajstić information content (AvgIpc) is 2.43. The van der Waals surface area contributed by atoms with Gasteiger partial charge in [0.1, 0.15) is 6.10 Å². The zero-order valence-electron chi connectivity index (χ0n) is 17.6. The van der Waals surface area contributed by atoms with Crippen molar-refractivity contribution >= 4 is 31.2 Å². The first-order valence-corrected chi connectivity index (χ1v) is 19.0. The van der Waals surface area contributed by atoms with Gasteiger partial charge in [0.15, 0.2) is 16.6 Å². The highest BCUT2D eigenvalue weighted by Crippen LogP contribution is 2.34. The molecular formula is C18H38O5Si3. The molecule has 0 aliphatic heterocycles. The molecular weight excluding hydrogens is 380 g/mol. The number of hydrogen-bond acceptors (Lipinski definition) is 5. The fourth-order valence-electron chi connectivity index (χ4n) is 3.69. The fraction of sp³-hybridized carbons (Fsp3) is 0.833. The molecule has 0 aromatic rings. The molecule has 1 fully saturated rings. The SMILES string of the molecule is C=CC(=O)OC1CCC(CC[Si](C)(O[Si](C)(C)C)O[Si](C)(C)C)CC1O. The second-order valence-electron chi connectivity index (χ2n) is 9.53. The standard InChI is InChI=1S/C18H38O5Si3/c1-9-18(20)21-17-11-10-15(14-16(17)19)12-13-26(8,22-24(2,3)4)23-25(5,6)7/h9,15-17,19H,1,10-14H2,2-8H3. The third-order valence-electron chi connectivity index (χ3n) is 4.35. The van der Waals surface area contributed by atoms with Gasteiger partial charge in [-0.1, -0.05) is 6.58 Å². The highest BCUT2D eigenvalue weighted by molar-refractivity contribution is 6.87. The summed E-state index contributed by atoms with van der Waals surface area (Å²) in [5.74, 6) is -0.0365. The van der Waals surface area contributed by atoms with E-state index >= 15 is 0 Å². The lowest BCUT2D eigenvalue weighted by atomic mass is 9.84. The number of aliphatic hydroxyl groups excluding tert-OH is 1. The van der Waals surface area contributed by atoms with E-state index in [0.717, 1.165) is 25.0 Å². The van der Waals surface area contributed by atoms with Crippen molar-refractivity contribution in [3.8, 4) is 0 Å². The zero-order valence-corrected chi connectivity index (χ0v) is 20.6. The molecule has 1 rings (SSSR count). The molecule has 3 unspecified atom stereocenters. The number of aliphatic hydroxyl groups is 1. The molecule has 1 aliphatic rings. The molecule has 1 saturated carbocycles. The van der Waals surface area contributed by atoms with Gasteiger partial charge >= 0.3 is 14.5 Å². The van der Waals surface area contributed by atoms with E-state index in [4.69, 9.17) is 13.0 Å². The van der Waals surface area contributed by atoms with Gasteiger partial charge in [-0.15, -0.1) is 0 Å². The van der Waals surface area contributed by atoms with Crippen LogP contribution in [0.2, 0.25) is 51.9 Å². The minimum absolute atomic E-state index is 0.406. The minimum atomic E-state index is -2.23. The first kappa shape index (κ1) is 23.8. The van der Waals surface area contributed by atoms with Crippen molar-refractivity contribution in [1.82, 2.24) is 0 Å². The van der Waals surface area contributed by atoms with Crippen molar-refractivity contribution in [2.24, 2.45) is 5.92 Å². The Kier molecular flexibility index (Phi) is 8.50. The van der Waals surface area contributed by atoms with Crippen LogP contribution in [0, 0.1) is 5.92 Å². The highest BCUT2D eigenvalue weighted by atomic mass is 28.5. The van der Waals surface area contributed by atoms with Crippen molar-refractivity contribution in [3.63, 3.8) is 0 Å². The molecule has 26 heavy (non-hydrogen) atoms. The van der Waals surface area contributed by atoms with E-state index in [9.17, 15) is 9.90 Å². The van der Waals surface area contributed by atoms with Crippen LogP contribution in [0.1, 0.15) is 25.7 Å². The molecule has 1 N–H and O–H groups in total. The first-order chi connectivity index (χ1) is 11.7. The molecule has 0 aromatic carbocycles. The topological polar surface area (TPSA) is 65.0 Å². The van der Waals surface area contributed by atoms with Crippen LogP contribution in [0.25, 0.3) is 0 Å². The Labute approximate surface area is 162 Å². The Hall–Kier alpha value is -0.259. The molecule has 152 valence electrons. The maximum atomic E-state index is 11.4. The van der Waals surface area contributed by atoms with Crippen LogP contribution in [0.3, 0.4) is 0 Å². The molecule has 0 spiro atoms. The Morgan fingerprint density at radius 3 is 2.04 bits per heavy atom. The zero-order chi connectivity index (χ0) is 20.2. The Bertz CT molecular complexity index is 468. The first-order valence-electron chi connectivity index (χ1n) is 9.64. The maximum Gasteiger partial charge on any atom is 0.330 e. The Morgan fingerprint density at radius 2 is 1.62 bits per heavy atom. The normalized spacial score (nSPS) is 25.0. The number of carbonyl (C=O) groups is 1. The number of carbonyl (C=O) groups excluding carboxylic acids is 1. The van der Waals surface area contributed by atoms with Gasteiger partial charge < -0.3 is 18.1 Å². The molecule has 0 saturated heterocycles. The van der Waals surface area contributed by atoms with Crippen molar-refractivity contribution in [1.29, 1.82) is 0 Å². The summed E-state index contributed by atoms with van der Waals surface area (Å²) < 4.78 is 18.4. The van der Waals surface area contributed by atoms with Crippen LogP contribution in [0.5, 0.6) is 0 Å². The van der Waals surface area contributed by atoms with Crippen LogP contribution in [-0.4, -0.2) is 48.5 Å². The molecule has 0 heterocycles. The van der Waals surface area contributed by atoms with Gasteiger partial charge in [0.05, 0.1) is 6.10 Å². The number of ether oxygens (including phenoxy) is 1. The molecule has 0 aromatic heterocycles. The number of rotatable bonds is 9. The predicted octanol–water partition coefficient (Wildman–Crippen LogP) is 4.41. The van der Waals surface area contributed by atoms with E-state index in [-0.39, 0.29) is 0 Å². The maximum absolute atomic E-state index is 11.4. The second kappa shape index (κ2) is 9.29. The Balaban J connectivity index is 2.64. The molecule has 3 atom stereocenters. The van der Waals surface area contributed by atoms with Gasteiger partial charge in [0.25, 0.3) is 0 Å². The minimum Gasteiger partial charge on any atom is -0.456 e. The largest absolute Gasteiger partial charge is 0.456 e. The molecule has 0 bridgehead atoms. The molecule has 0 radical (unpaired) electrons. The molecule has 1 aliphatic carbocycles. The van der Waals surface area contributed by atoms with Crippen LogP contribution in [0.4, 0.5) is 0 Å². The smallest absolute Gasteiger partial charge is 0.330 e. The van der Waals surface area contributed by atoms with Gasteiger partial charge in [0, 0.05) is 6.08 Å². The van der Waals surface area contributed by atoms with E-state index < -0.39 is 43.4 Å². The lowest BCUT2D eigenvalue weighted by molar-refractivity contribution is -0.152. The molecule has 0 amide bonds. The van der Waals surface area contributed by atoms with Crippen LogP contribution < -0.4 is 0 Å². The monoisotopic (exact) mass is 418 g/mol. The van der Waals surface area contributed by atoms with E-state index in [1.165, 1.54) is 0 Å². The number of hydrogen-bond donors (Lipinski definition) is 1. The molecule has 8 heteroatoms. The summed E-state index contributed by atoms with van der Waals surface area (Å²) in [4.78, 5) is 11.4. The Morgan fingerprint density at radius 1 is 1.08 bits per heavy atom. The average molecular weight is 419 g/mol. The summed E-state index contributed by atoms with van der Waals surface area (Å²) in [6, 6.07) is 0.954. The highest BCUT2D eigenvalue weighted by Gasteiger charge is 2.41. The fourth-order valence-corrected chi connectivity index (χ4v) is 16.3. The van der Waals surface area contributed by atoms with Gasteiger partial charge in [0.2, 0.25) is 0 Å². The van der Waals surface area contributed by atoms with Crippen molar-refractivity contribution in [2.45, 2.75) is 89.8 Å². The predicted molar refractivity (Wildman–Crippen MR) is 113 cm³/mol. The van der Waals surface area contributed by atoms with Crippen molar-refractivity contribution < 1.29 is 22.9 Å². The summed E-state index contributed by atoms with van der Waals surface area (Å²) in [7, 11) is -5.60. The number of esters is 1. The van der Waals surface area contributed by atoms with Gasteiger partial charge in [-0.3, -0.25) is 0 Å².